The Kier molecular flexibility index (Phi) is 4.24. The predicted octanol–water partition coefficient (Wildman–Crippen LogP) is 1.64. The molecule has 1 aromatic carbocycles. The summed E-state index contributed by atoms with van der Waals surface area (Å²) in [5.74, 6) is -0.0338. The quantitative estimate of drug-likeness (QED) is 0.903. The van der Waals surface area contributed by atoms with E-state index in [2.05, 4.69) is 15.5 Å². The second-order valence-corrected chi connectivity index (χ2v) is 5.95. The smallest absolute Gasteiger partial charge is 0.264 e. The number of aromatic nitrogens is 2. The zero-order chi connectivity index (χ0) is 15.5. The predicted molar refractivity (Wildman–Crippen MR) is 84.0 cm³/mol. The molecule has 0 radical (unpaired) electrons. The van der Waals surface area contributed by atoms with Gasteiger partial charge in [-0.2, -0.15) is 5.10 Å². The Bertz CT molecular complexity index is 757. The summed E-state index contributed by atoms with van der Waals surface area (Å²) in [6.07, 6.45) is 2.53. The summed E-state index contributed by atoms with van der Waals surface area (Å²) >= 11 is 5.92. The monoisotopic (exact) mass is 317 g/mol. The van der Waals surface area contributed by atoms with Crippen LogP contribution >= 0.6 is 11.6 Å². The third-order valence-electron chi connectivity index (χ3n) is 3.79. The van der Waals surface area contributed by atoms with Gasteiger partial charge >= 0.3 is 0 Å². The van der Waals surface area contributed by atoms with Crippen LogP contribution in [0.5, 0.6) is 0 Å². The molecule has 0 saturated carbocycles. The van der Waals surface area contributed by atoms with Crippen LogP contribution in [-0.4, -0.2) is 22.1 Å². The van der Waals surface area contributed by atoms with Crippen molar-refractivity contribution in [3.8, 4) is 0 Å². The fourth-order valence-electron chi connectivity index (χ4n) is 2.77. The second kappa shape index (κ2) is 6.32. The molecule has 0 saturated heterocycles. The van der Waals surface area contributed by atoms with E-state index in [-0.39, 0.29) is 17.5 Å². The Morgan fingerprint density at radius 1 is 1.41 bits per heavy atom. The number of H-pyrrole nitrogens is 1. The summed E-state index contributed by atoms with van der Waals surface area (Å²) < 4.78 is 0. The number of aryl methyl sites for hydroxylation is 1. The lowest BCUT2D eigenvalue weighted by atomic mass is 9.92. The highest BCUT2D eigenvalue weighted by molar-refractivity contribution is 6.30. The van der Waals surface area contributed by atoms with Gasteiger partial charge in [0.1, 0.15) is 0 Å². The van der Waals surface area contributed by atoms with Gasteiger partial charge in [0.2, 0.25) is 5.91 Å². The number of hydrogen-bond donors (Lipinski definition) is 2. The van der Waals surface area contributed by atoms with Crippen LogP contribution in [0.4, 0.5) is 0 Å². The fourth-order valence-corrected chi connectivity index (χ4v) is 2.99. The number of carbonyl (C=O) groups excluding carboxylic acids is 1. The topological polar surface area (TPSA) is 74.8 Å². The molecule has 114 valence electrons. The molecule has 3 rings (SSSR count). The second-order valence-electron chi connectivity index (χ2n) is 5.52. The van der Waals surface area contributed by atoms with Gasteiger partial charge in [-0.25, -0.2) is 5.10 Å². The van der Waals surface area contributed by atoms with E-state index in [0.717, 1.165) is 29.7 Å². The van der Waals surface area contributed by atoms with Gasteiger partial charge in [-0.1, -0.05) is 23.7 Å². The number of hydrogen-bond acceptors (Lipinski definition) is 3. The Morgan fingerprint density at radius 2 is 2.27 bits per heavy atom. The highest BCUT2D eigenvalue weighted by Crippen LogP contribution is 2.18. The van der Waals surface area contributed by atoms with E-state index in [4.69, 9.17) is 11.6 Å². The molecule has 1 unspecified atom stereocenters. The summed E-state index contributed by atoms with van der Waals surface area (Å²) in [5.41, 5.74) is 2.52. The van der Waals surface area contributed by atoms with Gasteiger partial charge in [0, 0.05) is 17.1 Å². The number of aromatic amines is 1. The Balaban J connectivity index is 1.62. The lowest BCUT2D eigenvalue weighted by Crippen LogP contribution is -2.40. The van der Waals surface area contributed by atoms with Crippen molar-refractivity contribution in [2.45, 2.75) is 31.7 Å². The number of amides is 1. The van der Waals surface area contributed by atoms with E-state index >= 15 is 0 Å². The number of halogens is 1. The number of benzene rings is 1. The van der Waals surface area contributed by atoms with Crippen molar-refractivity contribution < 1.29 is 4.79 Å². The van der Waals surface area contributed by atoms with E-state index in [1.54, 1.807) is 18.2 Å². The first-order chi connectivity index (χ1) is 10.6. The number of carbonyl (C=O) groups is 1. The first-order valence-electron chi connectivity index (χ1n) is 7.21. The molecule has 1 aromatic heterocycles. The van der Waals surface area contributed by atoms with Crippen LogP contribution in [0.3, 0.4) is 0 Å². The van der Waals surface area contributed by atoms with Gasteiger partial charge in [-0.05, 0) is 42.5 Å². The maximum atomic E-state index is 12.1. The van der Waals surface area contributed by atoms with E-state index in [9.17, 15) is 9.59 Å². The van der Waals surface area contributed by atoms with Crippen molar-refractivity contribution in [1.82, 2.24) is 15.5 Å². The molecule has 5 nitrogen and oxygen atoms in total. The summed E-state index contributed by atoms with van der Waals surface area (Å²) in [7, 11) is 0. The summed E-state index contributed by atoms with van der Waals surface area (Å²) in [4.78, 5) is 23.5. The van der Waals surface area contributed by atoms with E-state index < -0.39 is 0 Å². The van der Waals surface area contributed by atoms with Gasteiger partial charge in [-0.15, -0.1) is 0 Å². The summed E-state index contributed by atoms with van der Waals surface area (Å²) in [6, 6.07) is 8.90. The fraction of sp³-hybridized carbons (Fsp3) is 0.312. The van der Waals surface area contributed by atoms with Gasteiger partial charge in [0.15, 0.2) is 0 Å². The molecule has 2 aromatic rings. The molecule has 0 spiro atoms. The van der Waals surface area contributed by atoms with Crippen molar-refractivity contribution in [3.05, 3.63) is 62.5 Å². The van der Waals surface area contributed by atoms with Gasteiger partial charge in [-0.3, -0.25) is 9.59 Å². The molecule has 2 N–H and O–H groups in total. The zero-order valence-electron chi connectivity index (χ0n) is 11.9. The van der Waals surface area contributed by atoms with Crippen LogP contribution in [0, 0.1) is 0 Å². The minimum atomic E-state index is -0.204. The standard InChI is InChI=1S/C16H16ClN3O2/c17-12-3-1-2-10(6-12)7-15(21)18-13-4-5-14-11(8-13)9-16(22)20-19-14/h1-3,6,9,13H,4-5,7-8H2,(H,18,21)(H,20,22). The maximum absolute atomic E-state index is 12.1. The van der Waals surface area contributed by atoms with Crippen LogP contribution in [0.15, 0.2) is 35.1 Å². The Labute approximate surface area is 132 Å². The third-order valence-corrected chi connectivity index (χ3v) is 4.03. The van der Waals surface area contributed by atoms with Crippen molar-refractivity contribution in [2.24, 2.45) is 0 Å². The molecule has 0 aliphatic heterocycles. The van der Waals surface area contributed by atoms with Gasteiger partial charge < -0.3 is 5.32 Å². The molecule has 0 bridgehead atoms. The number of fused-ring (bicyclic) bond motifs is 1. The highest BCUT2D eigenvalue weighted by Gasteiger charge is 2.21. The van der Waals surface area contributed by atoms with Crippen molar-refractivity contribution in [2.75, 3.05) is 0 Å². The van der Waals surface area contributed by atoms with Crippen LogP contribution in [0.1, 0.15) is 23.2 Å². The zero-order valence-corrected chi connectivity index (χ0v) is 12.7. The maximum Gasteiger partial charge on any atom is 0.264 e. The van der Waals surface area contributed by atoms with Gasteiger partial charge in [0.05, 0.1) is 12.1 Å². The number of rotatable bonds is 3. The lowest BCUT2D eigenvalue weighted by Gasteiger charge is -2.24. The molecule has 1 aliphatic rings. The Hall–Kier alpha value is -2.14. The summed E-state index contributed by atoms with van der Waals surface area (Å²) in [6.45, 7) is 0. The number of nitrogens with zero attached hydrogens (tertiary/aromatic N) is 1. The van der Waals surface area contributed by atoms with E-state index in [0.29, 0.717) is 17.9 Å². The minimum Gasteiger partial charge on any atom is -0.353 e. The average Bonchev–Trinajstić information content (AvgIpc) is 2.46. The molecular weight excluding hydrogens is 302 g/mol. The summed E-state index contributed by atoms with van der Waals surface area (Å²) in [5, 5.41) is 10.1. The van der Waals surface area contributed by atoms with E-state index in [1.165, 1.54) is 0 Å². The molecular formula is C16H16ClN3O2. The normalized spacial score (nSPS) is 16.9. The minimum absolute atomic E-state index is 0.0338. The average molecular weight is 318 g/mol. The SMILES string of the molecule is O=C(Cc1cccc(Cl)c1)NC1CCc2n[nH]c(=O)cc2C1. The van der Waals surface area contributed by atoms with E-state index in [1.807, 2.05) is 12.1 Å². The van der Waals surface area contributed by atoms with Crippen LogP contribution in [0.25, 0.3) is 0 Å². The largest absolute Gasteiger partial charge is 0.353 e. The third kappa shape index (κ3) is 3.54. The Morgan fingerprint density at radius 3 is 3.09 bits per heavy atom. The van der Waals surface area contributed by atoms with Crippen molar-refractivity contribution in [1.29, 1.82) is 0 Å². The molecule has 1 aliphatic carbocycles. The van der Waals surface area contributed by atoms with Crippen molar-refractivity contribution >= 4 is 17.5 Å². The molecule has 6 heteroatoms. The molecule has 1 atom stereocenters. The van der Waals surface area contributed by atoms with Crippen LogP contribution in [-0.2, 0) is 24.1 Å². The van der Waals surface area contributed by atoms with Gasteiger partial charge in [0.25, 0.3) is 5.56 Å². The number of nitrogens with one attached hydrogen (secondary N) is 2. The van der Waals surface area contributed by atoms with Crippen molar-refractivity contribution in [3.63, 3.8) is 0 Å². The lowest BCUT2D eigenvalue weighted by molar-refractivity contribution is -0.121. The highest BCUT2D eigenvalue weighted by atomic mass is 35.5. The van der Waals surface area contributed by atoms with Crippen LogP contribution < -0.4 is 10.9 Å². The van der Waals surface area contributed by atoms with Crippen LogP contribution in [0.2, 0.25) is 5.02 Å². The first kappa shape index (κ1) is 14.8. The molecule has 0 fully saturated rings. The molecule has 22 heavy (non-hydrogen) atoms. The first-order valence-corrected chi connectivity index (χ1v) is 7.59. The molecule has 1 heterocycles. The molecule has 1 amide bonds.